The van der Waals surface area contributed by atoms with Gasteiger partial charge >= 0.3 is 0 Å². The van der Waals surface area contributed by atoms with Crippen LogP contribution in [0.2, 0.25) is 0 Å². The number of hydrogen-bond acceptors (Lipinski definition) is 3. The first kappa shape index (κ1) is 14.4. The molecular weight excluding hydrogens is 262 g/mol. The smallest absolute Gasteiger partial charge is 0.156 e. The molecule has 1 aliphatic carbocycles. The molecule has 0 saturated carbocycles. The third kappa shape index (κ3) is 3.38. The number of nitrogens with one attached hydrogen (secondary N) is 1. The molecule has 0 spiro atoms. The van der Waals surface area contributed by atoms with E-state index in [1.807, 2.05) is 13.0 Å². The van der Waals surface area contributed by atoms with E-state index in [1.54, 1.807) is 0 Å². The Balaban J connectivity index is 1.79. The average molecular weight is 287 g/mol. The van der Waals surface area contributed by atoms with Crippen molar-refractivity contribution in [3.8, 4) is 0 Å². The Kier molecular flexibility index (Phi) is 4.44. The highest BCUT2D eigenvalue weighted by Crippen LogP contribution is 2.29. The van der Waals surface area contributed by atoms with Crippen LogP contribution in [0.15, 0.2) is 23.0 Å². The molecular formula is C17H25N3O. The summed E-state index contributed by atoms with van der Waals surface area (Å²) in [5, 5.41) is 7.66. The first-order valence-electron chi connectivity index (χ1n) is 8.10. The molecule has 3 rings (SSSR count). The van der Waals surface area contributed by atoms with Gasteiger partial charge in [0.2, 0.25) is 0 Å². The van der Waals surface area contributed by atoms with E-state index in [-0.39, 0.29) is 0 Å². The number of rotatable bonds is 5. The topological polar surface area (TPSA) is 43.0 Å². The molecule has 0 aliphatic heterocycles. The van der Waals surface area contributed by atoms with Gasteiger partial charge in [-0.2, -0.15) is 0 Å². The summed E-state index contributed by atoms with van der Waals surface area (Å²) in [6, 6.07) is 2.53. The summed E-state index contributed by atoms with van der Waals surface area (Å²) in [4.78, 5) is 0. The molecule has 0 amide bonds. The lowest BCUT2D eigenvalue weighted by Crippen LogP contribution is -2.21. The molecule has 1 unspecified atom stereocenters. The third-order valence-electron chi connectivity index (χ3n) is 4.22. The van der Waals surface area contributed by atoms with Gasteiger partial charge in [-0.1, -0.05) is 18.5 Å². The first-order chi connectivity index (χ1) is 10.3. The lowest BCUT2D eigenvalue weighted by molar-refractivity contribution is 0.373. The Morgan fingerprint density at radius 2 is 2.29 bits per heavy atom. The highest BCUT2D eigenvalue weighted by Gasteiger charge is 2.20. The summed E-state index contributed by atoms with van der Waals surface area (Å²) in [5.41, 5.74) is 3.93. The van der Waals surface area contributed by atoms with Crippen LogP contribution in [0.3, 0.4) is 0 Å². The minimum atomic E-state index is 0.514. The summed E-state index contributed by atoms with van der Waals surface area (Å²) in [7, 11) is 0. The van der Waals surface area contributed by atoms with Crippen molar-refractivity contribution in [1.29, 1.82) is 0 Å². The minimum absolute atomic E-state index is 0.514. The predicted molar refractivity (Wildman–Crippen MR) is 83.4 cm³/mol. The van der Waals surface area contributed by atoms with Gasteiger partial charge in [-0.15, -0.1) is 0 Å². The van der Waals surface area contributed by atoms with E-state index in [1.165, 1.54) is 43.2 Å². The summed E-state index contributed by atoms with van der Waals surface area (Å²) in [5.74, 6) is 0.927. The quantitative estimate of drug-likeness (QED) is 0.854. The monoisotopic (exact) mass is 287 g/mol. The van der Waals surface area contributed by atoms with Crippen LogP contribution in [-0.4, -0.2) is 16.3 Å². The van der Waals surface area contributed by atoms with Gasteiger partial charge in [-0.3, -0.25) is 0 Å². The fraction of sp³-hybridized carbons (Fsp3) is 0.588. The van der Waals surface area contributed by atoms with Crippen molar-refractivity contribution < 1.29 is 4.52 Å². The minimum Gasteiger partial charge on any atom is -0.359 e. The van der Waals surface area contributed by atoms with Gasteiger partial charge in [0.05, 0.1) is 12.2 Å². The van der Waals surface area contributed by atoms with Crippen LogP contribution < -0.4 is 5.32 Å². The number of nitrogens with zero attached hydrogens (tertiary/aromatic N) is 2. The van der Waals surface area contributed by atoms with Crippen LogP contribution in [0.5, 0.6) is 0 Å². The zero-order valence-corrected chi connectivity index (χ0v) is 13.1. The van der Waals surface area contributed by atoms with Crippen LogP contribution in [-0.2, 0) is 13.0 Å². The predicted octanol–water partition coefficient (Wildman–Crippen LogP) is 3.60. The zero-order chi connectivity index (χ0) is 14.7. The summed E-state index contributed by atoms with van der Waals surface area (Å²) < 4.78 is 7.58. The fourth-order valence-corrected chi connectivity index (χ4v) is 3.21. The average Bonchev–Trinajstić information content (AvgIpc) is 3.00. The molecule has 21 heavy (non-hydrogen) atoms. The van der Waals surface area contributed by atoms with Gasteiger partial charge in [-0.25, -0.2) is 0 Å². The molecule has 2 aromatic rings. The Morgan fingerprint density at radius 3 is 3.05 bits per heavy atom. The molecule has 1 N–H and O–H groups in total. The van der Waals surface area contributed by atoms with Gasteiger partial charge < -0.3 is 14.4 Å². The van der Waals surface area contributed by atoms with Crippen LogP contribution in [0.4, 0.5) is 0 Å². The zero-order valence-electron chi connectivity index (χ0n) is 13.1. The number of hydrogen-bond donors (Lipinski definition) is 1. The van der Waals surface area contributed by atoms with Crippen molar-refractivity contribution in [2.45, 2.75) is 58.5 Å². The molecule has 4 heteroatoms. The lowest BCUT2D eigenvalue weighted by atomic mass is 10.0. The van der Waals surface area contributed by atoms with Crippen molar-refractivity contribution in [3.05, 3.63) is 41.0 Å². The second kappa shape index (κ2) is 6.48. The molecule has 2 heterocycles. The summed E-state index contributed by atoms with van der Waals surface area (Å²) >= 11 is 0. The molecule has 0 bridgehead atoms. The third-order valence-corrected chi connectivity index (χ3v) is 4.22. The lowest BCUT2D eigenvalue weighted by Gasteiger charge is -2.16. The maximum Gasteiger partial charge on any atom is 0.156 e. The van der Waals surface area contributed by atoms with E-state index in [4.69, 9.17) is 4.52 Å². The van der Waals surface area contributed by atoms with Crippen LogP contribution in [0, 0.1) is 6.92 Å². The van der Waals surface area contributed by atoms with Gasteiger partial charge in [0.1, 0.15) is 0 Å². The highest BCUT2D eigenvalue weighted by atomic mass is 16.5. The molecule has 1 atom stereocenters. The first-order valence-corrected chi connectivity index (χ1v) is 8.10. The summed E-state index contributed by atoms with van der Waals surface area (Å²) in [6.07, 6.45) is 10.8. The molecule has 4 nitrogen and oxygen atoms in total. The Bertz CT molecular complexity index is 585. The number of aromatic nitrogens is 2. The van der Waals surface area contributed by atoms with Crippen molar-refractivity contribution in [3.63, 3.8) is 0 Å². The van der Waals surface area contributed by atoms with Gasteiger partial charge in [0.15, 0.2) is 5.76 Å². The Labute approximate surface area is 126 Å². The van der Waals surface area contributed by atoms with Crippen LogP contribution in [0.25, 0.3) is 0 Å². The molecule has 0 aromatic carbocycles. The molecule has 114 valence electrons. The van der Waals surface area contributed by atoms with Crippen molar-refractivity contribution in [1.82, 2.24) is 15.0 Å². The summed E-state index contributed by atoms with van der Waals surface area (Å²) in [6.45, 7) is 6.05. The van der Waals surface area contributed by atoms with Gasteiger partial charge in [0.25, 0.3) is 0 Å². The molecule has 0 fully saturated rings. The maximum absolute atomic E-state index is 5.33. The van der Waals surface area contributed by atoms with Gasteiger partial charge in [-0.05, 0) is 50.3 Å². The molecule has 0 radical (unpaired) electrons. The van der Waals surface area contributed by atoms with E-state index < -0.39 is 0 Å². The fourth-order valence-electron chi connectivity index (χ4n) is 3.21. The number of fused-ring (bicyclic) bond motifs is 1. The van der Waals surface area contributed by atoms with E-state index in [0.29, 0.717) is 6.04 Å². The second-order valence-electron chi connectivity index (χ2n) is 6.10. The van der Waals surface area contributed by atoms with Gasteiger partial charge in [0, 0.05) is 24.5 Å². The second-order valence-corrected chi connectivity index (χ2v) is 6.10. The maximum atomic E-state index is 5.33. The largest absolute Gasteiger partial charge is 0.359 e. The SMILES string of the molecule is CCCNC1CCCCc2cn(Cc3cc(C)no3)cc21. The van der Waals surface area contributed by atoms with E-state index in [0.717, 1.165) is 24.5 Å². The van der Waals surface area contributed by atoms with E-state index >= 15 is 0 Å². The molecule has 2 aromatic heterocycles. The van der Waals surface area contributed by atoms with E-state index in [9.17, 15) is 0 Å². The number of aryl methyl sites for hydroxylation is 2. The highest BCUT2D eigenvalue weighted by molar-refractivity contribution is 5.29. The van der Waals surface area contributed by atoms with Crippen LogP contribution in [0.1, 0.15) is 61.2 Å². The van der Waals surface area contributed by atoms with Crippen molar-refractivity contribution >= 4 is 0 Å². The molecule has 0 saturated heterocycles. The van der Waals surface area contributed by atoms with Crippen molar-refractivity contribution in [2.24, 2.45) is 0 Å². The standard InChI is InChI=1S/C17H25N3O/c1-3-8-18-17-7-5-4-6-14-10-20(12-16(14)17)11-15-9-13(2)19-21-15/h9-10,12,17-18H,3-8,11H2,1-2H3. The molecule has 1 aliphatic rings. The Morgan fingerprint density at radius 1 is 1.38 bits per heavy atom. The van der Waals surface area contributed by atoms with Crippen LogP contribution >= 0.6 is 0 Å². The van der Waals surface area contributed by atoms with E-state index in [2.05, 4.69) is 34.4 Å². The Hall–Kier alpha value is -1.55. The normalized spacial score (nSPS) is 18.5. The van der Waals surface area contributed by atoms with Crippen molar-refractivity contribution in [2.75, 3.05) is 6.54 Å².